The number of rotatable bonds is 5. The highest BCUT2D eigenvalue weighted by atomic mass is 19.1. The quantitative estimate of drug-likeness (QED) is 0.671. The minimum absolute atomic E-state index is 0.0525. The normalized spacial score (nSPS) is 14.2. The number of benzene rings is 2. The highest BCUT2D eigenvalue weighted by molar-refractivity contribution is 6.36. The summed E-state index contributed by atoms with van der Waals surface area (Å²) in [6.07, 6.45) is 1.44. The topological polar surface area (TPSA) is 49.4 Å². The van der Waals surface area contributed by atoms with E-state index in [4.69, 9.17) is 0 Å². The molecule has 0 unspecified atom stereocenters. The Hall–Kier alpha value is -3.28. The molecule has 1 N–H and O–H groups in total. The first-order valence-electron chi connectivity index (χ1n) is 7.51. The van der Waals surface area contributed by atoms with Crippen molar-refractivity contribution in [1.82, 2.24) is 4.90 Å². The third-order valence-electron chi connectivity index (χ3n) is 3.73. The molecule has 2 amide bonds. The van der Waals surface area contributed by atoms with Crippen LogP contribution in [0.4, 0.5) is 14.5 Å². The van der Waals surface area contributed by atoms with Gasteiger partial charge in [-0.2, -0.15) is 0 Å². The molecule has 2 aromatic rings. The van der Waals surface area contributed by atoms with Gasteiger partial charge in [-0.3, -0.25) is 14.5 Å². The summed E-state index contributed by atoms with van der Waals surface area (Å²) in [6.45, 7) is 3.60. The zero-order valence-electron chi connectivity index (χ0n) is 13.1. The van der Waals surface area contributed by atoms with E-state index in [0.29, 0.717) is 11.3 Å². The van der Waals surface area contributed by atoms with Crippen LogP contribution in [-0.4, -0.2) is 23.3 Å². The molecule has 0 radical (unpaired) electrons. The summed E-state index contributed by atoms with van der Waals surface area (Å²) in [5.74, 6) is -1.88. The zero-order chi connectivity index (χ0) is 18.0. The molecule has 0 spiro atoms. The Kier molecular flexibility index (Phi) is 4.43. The first-order valence-corrected chi connectivity index (χ1v) is 7.51. The second-order valence-corrected chi connectivity index (χ2v) is 5.40. The fraction of sp³-hybridized carbons (Fsp3) is 0.0526. The maximum absolute atomic E-state index is 13.2. The number of anilines is 1. The van der Waals surface area contributed by atoms with E-state index in [2.05, 4.69) is 11.9 Å². The van der Waals surface area contributed by atoms with Gasteiger partial charge >= 0.3 is 0 Å². The Labute approximate surface area is 143 Å². The molecule has 1 aliphatic rings. The van der Waals surface area contributed by atoms with Crippen molar-refractivity contribution in [2.24, 2.45) is 0 Å². The van der Waals surface area contributed by atoms with Gasteiger partial charge in [-0.25, -0.2) is 8.78 Å². The lowest BCUT2D eigenvalue weighted by Crippen LogP contribution is -2.32. The summed E-state index contributed by atoms with van der Waals surface area (Å²) in [6, 6.07) is 10.7. The molecule has 2 aromatic carbocycles. The van der Waals surface area contributed by atoms with Gasteiger partial charge in [0, 0.05) is 12.2 Å². The first kappa shape index (κ1) is 16.6. The van der Waals surface area contributed by atoms with Crippen LogP contribution in [0.5, 0.6) is 0 Å². The molecule has 0 saturated heterocycles. The molecule has 0 atom stereocenters. The Morgan fingerprint density at radius 2 is 1.48 bits per heavy atom. The average Bonchev–Trinajstić information content (AvgIpc) is 2.83. The monoisotopic (exact) mass is 340 g/mol. The van der Waals surface area contributed by atoms with E-state index >= 15 is 0 Å². The van der Waals surface area contributed by atoms with Crippen molar-refractivity contribution in [3.63, 3.8) is 0 Å². The van der Waals surface area contributed by atoms with Gasteiger partial charge in [-0.15, -0.1) is 6.58 Å². The van der Waals surface area contributed by atoms with Gasteiger partial charge in [0.2, 0.25) is 0 Å². The van der Waals surface area contributed by atoms with E-state index in [1.54, 1.807) is 0 Å². The van der Waals surface area contributed by atoms with E-state index in [9.17, 15) is 18.4 Å². The van der Waals surface area contributed by atoms with Gasteiger partial charge in [-0.05, 0) is 42.0 Å². The van der Waals surface area contributed by atoms with E-state index in [-0.39, 0.29) is 17.8 Å². The minimum atomic E-state index is -0.520. The van der Waals surface area contributed by atoms with Gasteiger partial charge in [-0.1, -0.05) is 18.2 Å². The molecule has 0 aromatic heterocycles. The molecule has 1 aliphatic heterocycles. The van der Waals surface area contributed by atoms with Crippen molar-refractivity contribution in [2.75, 3.05) is 11.9 Å². The molecule has 0 fully saturated rings. The number of nitrogens with zero attached hydrogens (tertiary/aromatic N) is 1. The van der Waals surface area contributed by atoms with Gasteiger partial charge in [0.25, 0.3) is 11.8 Å². The smallest absolute Gasteiger partial charge is 0.278 e. The number of imide groups is 1. The summed E-state index contributed by atoms with van der Waals surface area (Å²) >= 11 is 0. The van der Waals surface area contributed by atoms with Crippen LogP contribution in [0.2, 0.25) is 0 Å². The lowest BCUT2D eigenvalue weighted by Gasteiger charge is -2.12. The summed E-state index contributed by atoms with van der Waals surface area (Å²) in [4.78, 5) is 26.3. The summed E-state index contributed by atoms with van der Waals surface area (Å²) < 4.78 is 26.2. The lowest BCUT2D eigenvalue weighted by atomic mass is 10.0. The van der Waals surface area contributed by atoms with Crippen LogP contribution < -0.4 is 5.32 Å². The predicted molar refractivity (Wildman–Crippen MR) is 90.3 cm³/mol. The maximum Gasteiger partial charge on any atom is 0.278 e. The third-order valence-corrected chi connectivity index (χ3v) is 3.73. The Bertz CT molecular complexity index is 871. The molecule has 3 rings (SSSR count). The molecule has 0 aliphatic carbocycles. The highest BCUT2D eigenvalue weighted by Gasteiger charge is 2.38. The average molecular weight is 340 g/mol. The van der Waals surface area contributed by atoms with Gasteiger partial charge in [0.15, 0.2) is 0 Å². The summed E-state index contributed by atoms with van der Waals surface area (Å²) in [5, 5.41) is 2.87. The molecule has 0 bridgehead atoms. The van der Waals surface area contributed by atoms with Gasteiger partial charge in [0.1, 0.15) is 17.3 Å². The largest absolute Gasteiger partial charge is 0.350 e. The van der Waals surface area contributed by atoms with Crippen LogP contribution in [-0.2, 0) is 9.59 Å². The minimum Gasteiger partial charge on any atom is -0.350 e. The molecule has 25 heavy (non-hydrogen) atoms. The molecule has 1 heterocycles. The Morgan fingerprint density at radius 3 is 2.04 bits per heavy atom. The van der Waals surface area contributed by atoms with E-state index in [1.165, 1.54) is 54.6 Å². The van der Waals surface area contributed by atoms with Crippen LogP contribution in [0.3, 0.4) is 0 Å². The third kappa shape index (κ3) is 3.19. The van der Waals surface area contributed by atoms with E-state index < -0.39 is 23.4 Å². The maximum atomic E-state index is 13.2. The second kappa shape index (κ2) is 6.68. The van der Waals surface area contributed by atoms with Crippen molar-refractivity contribution < 1.29 is 18.4 Å². The highest BCUT2D eigenvalue weighted by Crippen LogP contribution is 2.30. The SMILES string of the molecule is C=CCN1C(=O)C(Nc2ccc(F)cc2)=C(c2ccc(F)cc2)C1=O. The summed E-state index contributed by atoms with van der Waals surface area (Å²) in [5.41, 5.74) is 1.06. The van der Waals surface area contributed by atoms with Crippen LogP contribution in [0.15, 0.2) is 66.9 Å². The van der Waals surface area contributed by atoms with E-state index in [0.717, 1.165) is 4.90 Å². The molecule has 126 valence electrons. The number of hydrogen-bond acceptors (Lipinski definition) is 3. The van der Waals surface area contributed by atoms with Crippen molar-refractivity contribution in [3.05, 3.63) is 84.1 Å². The van der Waals surface area contributed by atoms with Crippen LogP contribution in [0.25, 0.3) is 5.57 Å². The second-order valence-electron chi connectivity index (χ2n) is 5.40. The fourth-order valence-corrected chi connectivity index (χ4v) is 2.55. The fourth-order valence-electron chi connectivity index (χ4n) is 2.55. The standard InChI is InChI=1S/C19H14F2N2O2/c1-2-11-23-18(24)16(12-3-5-13(20)6-4-12)17(19(23)25)22-15-9-7-14(21)8-10-15/h2-10,22H,1,11H2. The summed E-state index contributed by atoms with van der Waals surface area (Å²) in [7, 11) is 0. The Morgan fingerprint density at radius 1 is 0.920 bits per heavy atom. The molecule has 4 nitrogen and oxygen atoms in total. The molecular formula is C19H14F2N2O2. The van der Waals surface area contributed by atoms with Crippen molar-refractivity contribution >= 4 is 23.1 Å². The van der Waals surface area contributed by atoms with Crippen molar-refractivity contribution in [1.29, 1.82) is 0 Å². The lowest BCUT2D eigenvalue weighted by molar-refractivity contribution is -0.136. The Balaban J connectivity index is 2.06. The van der Waals surface area contributed by atoms with Crippen molar-refractivity contribution in [2.45, 2.75) is 0 Å². The van der Waals surface area contributed by atoms with Gasteiger partial charge in [0.05, 0.1) is 5.57 Å². The molecule has 0 saturated carbocycles. The number of carbonyl (C=O) groups excluding carboxylic acids is 2. The van der Waals surface area contributed by atoms with Gasteiger partial charge < -0.3 is 5.32 Å². The number of halogens is 2. The number of nitrogens with one attached hydrogen (secondary N) is 1. The van der Waals surface area contributed by atoms with Crippen LogP contribution in [0.1, 0.15) is 5.56 Å². The zero-order valence-corrected chi connectivity index (χ0v) is 13.1. The van der Waals surface area contributed by atoms with Crippen LogP contribution in [0, 0.1) is 11.6 Å². The first-order chi connectivity index (χ1) is 12.0. The molecule has 6 heteroatoms. The van der Waals surface area contributed by atoms with E-state index in [1.807, 2.05) is 0 Å². The predicted octanol–water partition coefficient (Wildman–Crippen LogP) is 3.34. The number of amides is 2. The number of hydrogen-bond donors (Lipinski definition) is 1. The molecular weight excluding hydrogens is 326 g/mol. The number of carbonyl (C=O) groups is 2. The van der Waals surface area contributed by atoms with Crippen LogP contribution >= 0.6 is 0 Å². The van der Waals surface area contributed by atoms with Crippen molar-refractivity contribution in [3.8, 4) is 0 Å².